The van der Waals surface area contributed by atoms with Crippen LogP contribution in [0.15, 0.2) is 34.3 Å². The van der Waals surface area contributed by atoms with Gasteiger partial charge in [-0.25, -0.2) is 4.79 Å². The van der Waals surface area contributed by atoms with Crippen molar-refractivity contribution in [2.24, 2.45) is 32.9 Å². The van der Waals surface area contributed by atoms with E-state index < -0.39 is 66.2 Å². The molecule has 0 aliphatic carbocycles. The van der Waals surface area contributed by atoms with E-state index in [2.05, 4.69) is 31.3 Å². The number of nitrogens with one attached hydrogen (secondary N) is 4. The number of carboxylic acid groups (broad SMARTS) is 2. The third-order valence-electron chi connectivity index (χ3n) is 6.49. The summed E-state index contributed by atoms with van der Waals surface area (Å²) >= 11 is 0. The van der Waals surface area contributed by atoms with Gasteiger partial charge in [-0.1, -0.05) is 12.1 Å². The smallest absolute Gasteiger partial charge is 0.326 e. The van der Waals surface area contributed by atoms with Gasteiger partial charge in [0.15, 0.2) is 11.9 Å². The van der Waals surface area contributed by atoms with Crippen LogP contribution in [0.3, 0.4) is 0 Å². The number of nitrogens with zero attached hydrogens (tertiary/aromatic N) is 2. The van der Waals surface area contributed by atoms with E-state index in [1.807, 2.05) is 0 Å². The van der Waals surface area contributed by atoms with Crippen LogP contribution in [0.4, 0.5) is 0 Å². The number of phenols is 1. The molecule has 0 saturated heterocycles. The zero-order valence-corrected chi connectivity index (χ0v) is 26.0. The largest absolute Gasteiger partial charge is 0.508 e. The Labute approximate surface area is 270 Å². The molecule has 4 amide bonds. The Balaban J connectivity index is 3.20. The van der Waals surface area contributed by atoms with E-state index in [0.717, 1.165) is 0 Å². The topological polar surface area (TPSA) is 340 Å². The molecule has 0 fully saturated rings. The molecule has 1 rings (SSSR count). The first kappa shape index (κ1) is 39.4. The average molecular weight is 665 g/mol. The lowest BCUT2D eigenvalue weighted by molar-refractivity contribution is -0.142. The highest BCUT2D eigenvalue weighted by atomic mass is 16.4. The van der Waals surface area contributed by atoms with Crippen molar-refractivity contribution in [2.75, 3.05) is 13.1 Å². The molecule has 0 heterocycles. The van der Waals surface area contributed by atoms with Gasteiger partial charge in [0.05, 0.1) is 0 Å². The fraction of sp³-hybridized carbons (Fsp3) is 0.500. The first-order chi connectivity index (χ1) is 22.1. The SMILES string of the molecule is CC(=O)N[C@@H](CCCN=C(N)N)C(=O)N[C@@H](CCC(=O)O)C(=O)N[C@@H](CCCN=C(N)N)C(=O)N[C@@H](Cc1ccc(O)cc1)C(=O)O. The van der Waals surface area contributed by atoms with Gasteiger partial charge in [0.2, 0.25) is 23.6 Å². The van der Waals surface area contributed by atoms with E-state index in [0.29, 0.717) is 5.56 Å². The molecule has 0 aliphatic heterocycles. The van der Waals surface area contributed by atoms with Crippen LogP contribution in [0.1, 0.15) is 51.0 Å². The Hall–Kier alpha value is -5.62. The fourth-order valence-corrected chi connectivity index (χ4v) is 4.21. The summed E-state index contributed by atoms with van der Waals surface area (Å²) in [7, 11) is 0. The van der Waals surface area contributed by atoms with E-state index >= 15 is 0 Å². The summed E-state index contributed by atoms with van der Waals surface area (Å²) in [4.78, 5) is 82.6. The summed E-state index contributed by atoms with van der Waals surface area (Å²) in [6.07, 6.45) is -0.631. The molecule has 19 nitrogen and oxygen atoms in total. The van der Waals surface area contributed by atoms with Gasteiger partial charge in [-0.3, -0.25) is 34.0 Å². The minimum Gasteiger partial charge on any atom is -0.508 e. The third-order valence-corrected chi connectivity index (χ3v) is 6.49. The molecule has 47 heavy (non-hydrogen) atoms. The van der Waals surface area contributed by atoms with Crippen LogP contribution >= 0.6 is 0 Å². The molecular weight excluding hydrogens is 620 g/mol. The maximum atomic E-state index is 13.4. The number of aromatic hydroxyl groups is 1. The molecule has 1 aromatic rings. The summed E-state index contributed by atoms with van der Waals surface area (Å²) in [5, 5.41) is 38.2. The van der Waals surface area contributed by atoms with Gasteiger partial charge < -0.3 is 59.5 Å². The predicted octanol–water partition coefficient (Wildman–Crippen LogP) is -3.05. The molecule has 4 atom stereocenters. The molecule has 1 aromatic carbocycles. The van der Waals surface area contributed by atoms with Crippen molar-refractivity contribution >= 4 is 47.5 Å². The number of guanidine groups is 2. The second-order valence-corrected chi connectivity index (χ2v) is 10.5. The molecule has 15 N–H and O–H groups in total. The maximum Gasteiger partial charge on any atom is 0.326 e. The number of aliphatic carboxylic acids is 2. The highest BCUT2D eigenvalue weighted by Gasteiger charge is 2.31. The lowest BCUT2D eigenvalue weighted by Crippen LogP contribution is -2.58. The molecule has 0 unspecified atom stereocenters. The molecule has 0 aliphatic rings. The van der Waals surface area contributed by atoms with Crippen LogP contribution in [0.2, 0.25) is 0 Å². The van der Waals surface area contributed by atoms with E-state index in [-0.39, 0.29) is 69.3 Å². The van der Waals surface area contributed by atoms with Crippen LogP contribution < -0.4 is 44.2 Å². The van der Waals surface area contributed by atoms with Gasteiger partial charge in [-0.15, -0.1) is 0 Å². The molecule has 0 aromatic heterocycles. The van der Waals surface area contributed by atoms with Gasteiger partial charge in [0.1, 0.15) is 29.9 Å². The molecule has 0 radical (unpaired) electrons. The van der Waals surface area contributed by atoms with Gasteiger partial charge in [-0.05, 0) is 49.8 Å². The summed E-state index contributed by atoms with van der Waals surface area (Å²) in [5.74, 6) is -6.21. The second-order valence-electron chi connectivity index (χ2n) is 10.5. The molecule has 260 valence electrons. The number of phenolic OH excluding ortho intramolecular Hbond substituents is 1. The highest BCUT2D eigenvalue weighted by Crippen LogP contribution is 2.12. The molecule has 0 spiro atoms. The van der Waals surface area contributed by atoms with E-state index in [1.165, 1.54) is 31.2 Å². The Morgan fingerprint density at radius 1 is 0.681 bits per heavy atom. The monoisotopic (exact) mass is 664 g/mol. The number of hydrogen-bond acceptors (Lipinski definition) is 9. The third kappa shape index (κ3) is 16.9. The summed E-state index contributed by atoms with van der Waals surface area (Å²) in [6.45, 7) is 1.40. The second kappa shape index (κ2) is 20.4. The van der Waals surface area contributed by atoms with Gasteiger partial charge >= 0.3 is 11.9 Å². The molecule has 19 heteroatoms. The fourth-order valence-electron chi connectivity index (χ4n) is 4.21. The lowest BCUT2D eigenvalue weighted by Gasteiger charge is -2.26. The maximum absolute atomic E-state index is 13.4. The Bertz CT molecular complexity index is 1300. The average Bonchev–Trinajstić information content (AvgIpc) is 2.98. The quantitative estimate of drug-likeness (QED) is 0.0354. The molecule has 0 bridgehead atoms. The van der Waals surface area contributed by atoms with E-state index in [9.17, 15) is 44.1 Å². The van der Waals surface area contributed by atoms with Gasteiger partial charge in [0, 0.05) is 32.9 Å². The summed E-state index contributed by atoms with van der Waals surface area (Å²) in [6, 6.07) is 0.304. The van der Waals surface area contributed by atoms with Crippen molar-refractivity contribution in [1.82, 2.24) is 21.3 Å². The standard InChI is InChI=1S/C28H44N10O9/c1-15(39)35-18(4-2-12-33-27(29)30)23(43)37-20(10-11-22(41)42)25(45)36-19(5-3-13-34-28(31)32)24(44)38-21(26(46)47)14-16-6-8-17(40)9-7-16/h6-9,18-21,40H,2-5,10-14H2,1H3,(H,35,39)(H,36,45)(H,37,43)(H,38,44)(H,41,42)(H,46,47)(H4,29,30,33)(H4,31,32,34)/t18-,19-,20-,21-/m0/s1. The molecule has 0 saturated carbocycles. The number of benzene rings is 1. The van der Waals surface area contributed by atoms with Crippen molar-refractivity contribution in [3.8, 4) is 5.75 Å². The van der Waals surface area contributed by atoms with Gasteiger partial charge in [0.25, 0.3) is 0 Å². The number of carboxylic acids is 2. The van der Waals surface area contributed by atoms with Crippen LogP contribution in [-0.2, 0) is 35.2 Å². The number of carbonyl (C=O) groups excluding carboxylic acids is 4. The minimum absolute atomic E-state index is 0.0351. The number of amides is 4. The van der Waals surface area contributed by atoms with Crippen LogP contribution in [0.5, 0.6) is 5.75 Å². The molecular formula is C28H44N10O9. The highest BCUT2D eigenvalue weighted by molar-refractivity contribution is 5.95. The lowest BCUT2D eigenvalue weighted by atomic mass is 10.0. The Morgan fingerprint density at radius 2 is 1.11 bits per heavy atom. The minimum atomic E-state index is -1.46. The van der Waals surface area contributed by atoms with Gasteiger partial charge in [-0.2, -0.15) is 0 Å². The van der Waals surface area contributed by atoms with Crippen molar-refractivity contribution in [3.63, 3.8) is 0 Å². The van der Waals surface area contributed by atoms with E-state index in [4.69, 9.17) is 22.9 Å². The van der Waals surface area contributed by atoms with Crippen molar-refractivity contribution in [1.29, 1.82) is 0 Å². The van der Waals surface area contributed by atoms with Crippen molar-refractivity contribution < 1.29 is 44.1 Å². The number of nitrogens with two attached hydrogens (primary N) is 4. The van der Waals surface area contributed by atoms with Crippen molar-refractivity contribution in [3.05, 3.63) is 29.8 Å². The zero-order chi connectivity index (χ0) is 35.5. The summed E-state index contributed by atoms with van der Waals surface area (Å²) in [5.41, 5.74) is 21.8. The van der Waals surface area contributed by atoms with Crippen LogP contribution in [-0.4, -0.2) is 100 Å². The Kier molecular flexibility index (Phi) is 17.1. The predicted molar refractivity (Wildman–Crippen MR) is 170 cm³/mol. The van der Waals surface area contributed by atoms with Crippen molar-refractivity contribution in [2.45, 2.75) is 76.0 Å². The number of carbonyl (C=O) groups is 6. The first-order valence-electron chi connectivity index (χ1n) is 14.6. The normalized spacial score (nSPS) is 13.0. The zero-order valence-electron chi connectivity index (χ0n) is 26.0. The Morgan fingerprint density at radius 3 is 1.51 bits per heavy atom. The number of rotatable bonds is 21. The van der Waals surface area contributed by atoms with Crippen LogP contribution in [0.25, 0.3) is 0 Å². The first-order valence-corrected chi connectivity index (χ1v) is 14.6. The number of aliphatic imine (C=N–C) groups is 2. The van der Waals surface area contributed by atoms with E-state index in [1.54, 1.807) is 0 Å². The summed E-state index contributed by atoms with van der Waals surface area (Å²) < 4.78 is 0. The number of hydrogen-bond donors (Lipinski definition) is 11. The van der Waals surface area contributed by atoms with Crippen LogP contribution in [0, 0.1) is 0 Å².